The molecule has 0 aliphatic rings. The van der Waals surface area contributed by atoms with Gasteiger partial charge in [-0.25, -0.2) is 13.1 Å². The highest BCUT2D eigenvalue weighted by molar-refractivity contribution is 7.89. The summed E-state index contributed by atoms with van der Waals surface area (Å²) < 4.78 is 64.6. The van der Waals surface area contributed by atoms with Crippen molar-refractivity contribution in [3.8, 4) is 0 Å². The average Bonchev–Trinajstić information content (AvgIpc) is 2.44. The lowest BCUT2D eigenvalue weighted by atomic mass is 10.0. The van der Waals surface area contributed by atoms with Crippen LogP contribution >= 0.6 is 23.2 Å². The van der Waals surface area contributed by atoms with Crippen LogP contribution in [0.5, 0.6) is 0 Å². The first-order valence-corrected chi connectivity index (χ1v) is 8.48. The second-order valence-electron chi connectivity index (χ2n) is 4.53. The Morgan fingerprint density at radius 1 is 1.19 bits per heavy atom. The predicted octanol–water partition coefficient (Wildman–Crippen LogP) is 3.61. The van der Waals surface area contributed by atoms with Crippen molar-refractivity contribution in [2.45, 2.75) is 30.0 Å². The first-order chi connectivity index (χ1) is 9.60. The van der Waals surface area contributed by atoms with Gasteiger partial charge in [0.1, 0.15) is 0 Å². The molecule has 0 aromatic heterocycles. The summed E-state index contributed by atoms with van der Waals surface area (Å²) >= 11 is 11.5. The van der Waals surface area contributed by atoms with Gasteiger partial charge in [-0.05, 0) is 24.6 Å². The number of sulfonamides is 1. The van der Waals surface area contributed by atoms with Crippen molar-refractivity contribution in [2.24, 2.45) is 0 Å². The van der Waals surface area contributed by atoms with Crippen molar-refractivity contribution in [2.75, 3.05) is 11.8 Å². The number of rotatable bonds is 6. The van der Waals surface area contributed by atoms with Crippen LogP contribution in [0.15, 0.2) is 29.2 Å². The van der Waals surface area contributed by atoms with E-state index in [0.717, 1.165) is 18.2 Å². The Kier molecular flexibility index (Phi) is 5.94. The summed E-state index contributed by atoms with van der Waals surface area (Å²) in [4.78, 5) is -0.481. The Morgan fingerprint density at radius 3 is 2.19 bits per heavy atom. The Morgan fingerprint density at radius 2 is 1.76 bits per heavy atom. The monoisotopic (exact) mass is 363 g/mol. The van der Waals surface area contributed by atoms with Gasteiger partial charge >= 0.3 is 6.18 Å². The molecule has 1 N–H and O–H groups in total. The van der Waals surface area contributed by atoms with E-state index in [-0.39, 0.29) is 11.8 Å². The predicted molar refractivity (Wildman–Crippen MR) is 76.2 cm³/mol. The van der Waals surface area contributed by atoms with Gasteiger partial charge in [0.15, 0.2) is 0 Å². The van der Waals surface area contributed by atoms with Crippen molar-refractivity contribution < 1.29 is 21.6 Å². The molecular weight excluding hydrogens is 350 g/mol. The van der Waals surface area contributed by atoms with Crippen LogP contribution in [0.3, 0.4) is 0 Å². The molecular formula is C12H14Cl2F3NO2S. The zero-order chi connectivity index (χ0) is 16.3. The van der Waals surface area contributed by atoms with Gasteiger partial charge in [-0.1, -0.05) is 13.0 Å². The van der Waals surface area contributed by atoms with Crippen LogP contribution in [-0.4, -0.2) is 25.7 Å². The zero-order valence-corrected chi connectivity index (χ0v) is 13.4. The number of benzene rings is 1. The summed E-state index contributed by atoms with van der Waals surface area (Å²) in [6.45, 7) is 1.68. The van der Waals surface area contributed by atoms with Crippen LogP contribution in [0, 0.1) is 0 Å². The van der Waals surface area contributed by atoms with E-state index in [4.69, 9.17) is 23.2 Å². The summed E-state index contributed by atoms with van der Waals surface area (Å²) in [6.07, 6.45) is -4.31. The van der Waals surface area contributed by atoms with Gasteiger partial charge in [-0.2, -0.15) is 13.2 Å². The van der Waals surface area contributed by atoms with Crippen LogP contribution in [0.1, 0.15) is 18.9 Å². The lowest BCUT2D eigenvalue weighted by molar-refractivity contribution is -0.137. The third-order valence-electron chi connectivity index (χ3n) is 3.01. The summed E-state index contributed by atoms with van der Waals surface area (Å²) in [6, 6.07) is 3.49. The van der Waals surface area contributed by atoms with E-state index >= 15 is 0 Å². The highest BCUT2D eigenvalue weighted by Crippen LogP contribution is 2.30. The molecule has 0 spiro atoms. The molecule has 0 unspecified atom stereocenters. The molecule has 120 valence electrons. The fraction of sp³-hybridized carbons (Fsp3) is 0.500. The molecule has 21 heavy (non-hydrogen) atoms. The Hall–Kier alpha value is -0.500. The standard InChI is InChI=1S/C12H14Cl2F3NO2S/c1-2-11(7-13,8-14)18-21(19,20)10-5-3-4-9(6-10)12(15,16)17/h3-6,18H,2,7-8H2,1H3. The molecule has 0 aliphatic heterocycles. The van der Waals surface area contributed by atoms with Crippen LogP contribution in [-0.2, 0) is 16.2 Å². The molecule has 1 aromatic rings. The fourth-order valence-electron chi connectivity index (χ4n) is 1.53. The molecule has 0 amide bonds. The highest BCUT2D eigenvalue weighted by Gasteiger charge is 2.35. The van der Waals surface area contributed by atoms with Crippen LogP contribution in [0.4, 0.5) is 13.2 Å². The quantitative estimate of drug-likeness (QED) is 0.784. The number of alkyl halides is 5. The maximum atomic E-state index is 12.6. The van der Waals surface area contributed by atoms with Gasteiger partial charge in [0.05, 0.1) is 16.0 Å². The van der Waals surface area contributed by atoms with Crippen LogP contribution in [0.25, 0.3) is 0 Å². The minimum Gasteiger partial charge on any atom is -0.207 e. The molecule has 1 aromatic carbocycles. The van der Waals surface area contributed by atoms with Crippen molar-refractivity contribution in [3.05, 3.63) is 29.8 Å². The van der Waals surface area contributed by atoms with Gasteiger partial charge in [0.2, 0.25) is 10.0 Å². The summed E-state index contributed by atoms with van der Waals surface area (Å²) in [5.41, 5.74) is -2.14. The molecule has 0 aliphatic carbocycles. The highest BCUT2D eigenvalue weighted by atomic mass is 35.5. The zero-order valence-electron chi connectivity index (χ0n) is 11.0. The van der Waals surface area contributed by atoms with E-state index in [1.165, 1.54) is 0 Å². The van der Waals surface area contributed by atoms with Crippen molar-refractivity contribution >= 4 is 33.2 Å². The van der Waals surface area contributed by atoms with Gasteiger partial charge in [0, 0.05) is 11.8 Å². The molecule has 3 nitrogen and oxygen atoms in total. The molecule has 0 atom stereocenters. The topological polar surface area (TPSA) is 46.2 Å². The Bertz CT molecular complexity index is 578. The summed E-state index contributed by atoms with van der Waals surface area (Å²) in [7, 11) is -4.16. The molecule has 0 heterocycles. The molecule has 1 rings (SSSR count). The maximum absolute atomic E-state index is 12.6. The van der Waals surface area contributed by atoms with E-state index in [1.54, 1.807) is 6.92 Å². The Balaban J connectivity index is 3.20. The van der Waals surface area contributed by atoms with Crippen molar-refractivity contribution in [1.82, 2.24) is 4.72 Å². The number of hydrogen-bond acceptors (Lipinski definition) is 2. The largest absolute Gasteiger partial charge is 0.416 e. The minimum absolute atomic E-state index is 0.0921. The lowest BCUT2D eigenvalue weighted by Gasteiger charge is -2.29. The van der Waals surface area contributed by atoms with Gasteiger partial charge < -0.3 is 0 Å². The SMILES string of the molecule is CCC(CCl)(CCl)NS(=O)(=O)c1cccc(C(F)(F)F)c1. The van der Waals surface area contributed by atoms with Gasteiger partial charge in [-0.15, -0.1) is 23.2 Å². The van der Waals surface area contributed by atoms with Crippen LogP contribution in [0.2, 0.25) is 0 Å². The van der Waals surface area contributed by atoms with E-state index in [1.807, 2.05) is 0 Å². The van der Waals surface area contributed by atoms with Crippen molar-refractivity contribution in [3.63, 3.8) is 0 Å². The van der Waals surface area contributed by atoms with E-state index in [0.29, 0.717) is 12.5 Å². The minimum atomic E-state index is -4.62. The van der Waals surface area contributed by atoms with E-state index in [2.05, 4.69) is 4.72 Å². The van der Waals surface area contributed by atoms with Gasteiger partial charge in [0.25, 0.3) is 0 Å². The molecule has 9 heteroatoms. The summed E-state index contributed by atoms with van der Waals surface area (Å²) in [5.74, 6) is -0.184. The molecule has 0 saturated carbocycles. The average molecular weight is 364 g/mol. The second kappa shape index (κ2) is 6.73. The molecule has 0 fully saturated rings. The third-order valence-corrected chi connectivity index (χ3v) is 5.61. The Labute approximate surface area is 131 Å². The molecule has 0 radical (unpaired) electrons. The number of halogens is 5. The lowest BCUT2D eigenvalue weighted by Crippen LogP contribution is -2.51. The normalized spacial score (nSPS) is 13.4. The number of hydrogen-bond donors (Lipinski definition) is 1. The molecule has 0 saturated heterocycles. The summed E-state index contributed by atoms with van der Waals surface area (Å²) in [5, 5.41) is 0. The molecule has 0 bridgehead atoms. The van der Waals surface area contributed by atoms with E-state index in [9.17, 15) is 21.6 Å². The second-order valence-corrected chi connectivity index (χ2v) is 6.75. The van der Waals surface area contributed by atoms with Gasteiger partial charge in [-0.3, -0.25) is 0 Å². The van der Waals surface area contributed by atoms with Crippen LogP contribution < -0.4 is 4.72 Å². The van der Waals surface area contributed by atoms with E-state index < -0.39 is 32.2 Å². The smallest absolute Gasteiger partial charge is 0.207 e. The van der Waals surface area contributed by atoms with Crippen molar-refractivity contribution in [1.29, 1.82) is 0 Å². The fourth-order valence-corrected chi connectivity index (χ4v) is 4.01. The third kappa shape index (κ3) is 4.48. The maximum Gasteiger partial charge on any atom is 0.416 e. The first kappa shape index (κ1) is 18.5. The first-order valence-electron chi connectivity index (χ1n) is 5.93. The number of nitrogens with one attached hydrogen (secondary N) is 1.